The molecule has 1 N–H and O–H groups in total. The monoisotopic (exact) mass is 341 g/mol. The molecule has 0 bridgehead atoms. The fourth-order valence-corrected chi connectivity index (χ4v) is 4.35. The maximum absolute atomic E-state index is 12.4. The summed E-state index contributed by atoms with van der Waals surface area (Å²) in [5, 5.41) is 3.46. The highest BCUT2D eigenvalue weighted by atomic mass is 32.2. The summed E-state index contributed by atoms with van der Waals surface area (Å²) >= 11 is 1.98. The summed E-state index contributed by atoms with van der Waals surface area (Å²) in [7, 11) is 0. The van der Waals surface area contributed by atoms with Crippen LogP contribution in [0.2, 0.25) is 0 Å². The Morgan fingerprint density at radius 3 is 2.79 bits per heavy atom. The third kappa shape index (κ3) is 4.36. The standard InChI is InChI=1S/C19H23N3OS/c1-15-19(16-7-3-2-4-8-16)22(11-12-24-15)14-18(23)21-13-17-9-5-6-10-20-17/h2-10,15,19H,11-14H2,1H3,(H,21,23)/t15-,19+/m1/s1. The van der Waals surface area contributed by atoms with Gasteiger partial charge in [0.1, 0.15) is 0 Å². The Labute approximate surface area is 147 Å². The largest absolute Gasteiger partial charge is 0.349 e. The van der Waals surface area contributed by atoms with Crippen LogP contribution in [-0.4, -0.2) is 39.9 Å². The van der Waals surface area contributed by atoms with E-state index in [1.165, 1.54) is 5.56 Å². The summed E-state index contributed by atoms with van der Waals surface area (Å²) < 4.78 is 0. The molecular weight excluding hydrogens is 318 g/mol. The van der Waals surface area contributed by atoms with Crippen LogP contribution in [0, 0.1) is 0 Å². The molecule has 1 amide bonds. The summed E-state index contributed by atoms with van der Waals surface area (Å²) in [4.78, 5) is 18.9. The maximum Gasteiger partial charge on any atom is 0.234 e. The van der Waals surface area contributed by atoms with Gasteiger partial charge in [-0.1, -0.05) is 43.3 Å². The summed E-state index contributed by atoms with van der Waals surface area (Å²) in [5.41, 5.74) is 2.17. The number of aromatic nitrogens is 1. The molecule has 1 aliphatic rings. The number of amides is 1. The lowest BCUT2D eigenvalue weighted by Crippen LogP contribution is -2.45. The van der Waals surface area contributed by atoms with Crippen molar-refractivity contribution in [3.8, 4) is 0 Å². The van der Waals surface area contributed by atoms with Gasteiger partial charge in [-0.15, -0.1) is 0 Å². The lowest BCUT2D eigenvalue weighted by Gasteiger charge is -2.39. The molecule has 0 radical (unpaired) electrons. The Bertz CT molecular complexity index is 650. The van der Waals surface area contributed by atoms with Crippen LogP contribution in [0.15, 0.2) is 54.7 Å². The lowest BCUT2D eigenvalue weighted by molar-refractivity contribution is -0.123. The number of hydrogen-bond acceptors (Lipinski definition) is 4. The third-order valence-corrected chi connectivity index (χ3v) is 5.48. The Hall–Kier alpha value is -1.85. The molecule has 1 fully saturated rings. The van der Waals surface area contributed by atoms with Crippen molar-refractivity contribution in [1.29, 1.82) is 0 Å². The maximum atomic E-state index is 12.4. The highest BCUT2D eigenvalue weighted by molar-refractivity contribution is 8.00. The predicted octanol–water partition coefficient (Wildman–Crippen LogP) is 2.88. The third-order valence-electron chi connectivity index (χ3n) is 4.28. The molecule has 1 aromatic heterocycles. The minimum absolute atomic E-state index is 0.0562. The van der Waals surface area contributed by atoms with Gasteiger partial charge >= 0.3 is 0 Å². The first-order valence-electron chi connectivity index (χ1n) is 8.31. The Kier molecular flexibility index (Phi) is 5.88. The number of hydrogen-bond donors (Lipinski definition) is 1. The van der Waals surface area contributed by atoms with E-state index < -0.39 is 0 Å². The minimum Gasteiger partial charge on any atom is -0.349 e. The molecule has 0 saturated carbocycles. The first-order valence-corrected chi connectivity index (χ1v) is 9.36. The molecule has 5 heteroatoms. The van der Waals surface area contributed by atoms with Crippen molar-refractivity contribution in [1.82, 2.24) is 15.2 Å². The molecule has 0 unspecified atom stereocenters. The summed E-state index contributed by atoms with van der Waals surface area (Å²) in [6.45, 7) is 4.09. The molecule has 1 aliphatic heterocycles. The van der Waals surface area contributed by atoms with E-state index in [9.17, 15) is 4.79 Å². The Balaban J connectivity index is 1.62. The quantitative estimate of drug-likeness (QED) is 0.908. The van der Waals surface area contributed by atoms with Crippen molar-refractivity contribution < 1.29 is 4.79 Å². The van der Waals surface area contributed by atoms with Gasteiger partial charge in [0.25, 0.3) is 0 Å². The van der Waals surface area contributed by atoms with Crippen LogP contribution in [0.1, 0.15) is 24.2 Å². The topological polar surface area (TPSA) is 45.2 Å². The van der Waals surface area contributed by atoms with E-state index >= 15 is 0 Å². The lowest BCUT2D eigenvalue weighted by atomic mass is 10.0. The van der Waals surface area contributed by atoms with Crippen LogP contribution in [0.5, 0.6) is 0 Å². The van der Waals surface area contributed by atoms with E-state index in [4.69, 9.17) is 0 Å². The fraction of sp³-hybridized carbons (Fsp3) is 0.368. The molecule has 126 valence electrons. The summed E-state index contributed by atoms with van der Waals surface area (Å²) in [5.74, 6) is 1.12. The number of thioether (sulfide) groups is 1. The van der Waals surface area contributed by atoms with Crippen molar-refractivity contribution in [3.05, 3.63) is 66.0 Å². The van der Waals surface area contributed by atoms with Crippen LogP contribution in [-0.2, 0) is 11.3 Å². The normalized spacial score (nSPS) is 21.4. The Morgan fingerprint density at radius 1 is 1.25 bits per heavy atom. The second kappa shape index (κ2) is 8.31. The van der Waals surface area contributed by atoms with Crippen molar-refractivity contribution in [2.24, 2.45) is 0 Å². The van der Waals surface area contributed by atoms with Gasteiger partial charge in [-0.3, -0.25) is 14.7 Å². The van der Waals surface area contributed by atoms with Gasteiger partial charge < -0.3 is 5.32 Å². The first-order chi connectivity index (χ1) is 11.7. The van der Waals surface area contributed by atoms with Gasteiger partial charge in [0.15, 0.2) is 0 Å². The summed E-state index contributed by atoms with van der Waals surface area (Å²) in [6.07, 6.45) is 1.75. The highest BCUT2D eigenvalue weighted by Crippen LogP contribution is 2.35. The van der Waals surface area contributed by atoms with Crippen molar-refractivity contribution in [3.63, 3.8) is 0 Å². The average molecular weight is 341 g/mol. The second-order valence-electron chi connectivity index (χ2n) is 6.00. The van der Waals surface area contributed by atoms with Crippen LogP contribution >= 0.6 is 11.8 Å². The SMILES string of the molecule is C[C@H]1SCCN(CC(=O)NCc2ccccn2)[C@@H]1c1ccccc1. The van der Waals surface area contributed by atoms with Crippen molar-refractivity contribution in [2.45, 2.75) is 24.8 Å². The van der Waals surface area contributed by atoms with Crippen molar-refractivity contribution >= 4 is 17.7 Å². The molecule has 2 aromatic rings. The van der Waals surface area contributed by atoms with Crippen molar-refractivity contribution in [2.75, 3.05) is 18.8 Å². The minimum atomic E-state index is 0.0562. The number of carbonyl (C=O) groups excluding carboxylic acids is 1. The molecule has 24 heavy (non-hydrogen) atoms. The smallest absolute Gasteiger partial charge is 0.234 e. The molecule has 2 atom stereocenters. The molecule has 1 aromatic carbocycles. The van der Waals surface area contributed by atoms with E-state index in [2.05, 4.69) is 46.4 Å². The van der Waals surface area contributed by atoms with E-state index in [0.717, 1.165) is 18.0 Å². The van der Waals surface area contributed by atoms with Crippen LogP contribution < -0.4 is 5.32 Å². The zero-order chi connectivity index (χ0) is 16.8. The van der Waals surface area contributed by atoms with Gasteiger partial charge in [0.05, 0.1) is 18.8 Å². The van der Waals surface area contributed by atoms with Gasteiger partial charge in [-0.2, -0.15) is 11.8 Å². The number of carbonyl (C=O) groups is 1. The summed E-state index contributed by atoms with van der Waals surface area (Å²) in [6, 6.07) is 16.5. The number of rotatable bonds is 5. The van der Waals surface area contributed by atoms with Gasteiger partial charge in [0.2, 0.25) is 5.91 Å². The average Bonchev–Trinajstić information content (AvgIpc) is 2.62. The molecule has 1 saturated heterocycles. The first kappa shape index (κ1) is 17.0. The van der Waals surface area contributed by atoms with E-state index in [-0.39, 0.29) is 11.9 Å². The number of benzene rings is 1. The highest BCUT2D eigenvalue weighted by Gasteiger charge is 2.31. The van der Waals surface area contributed by atoms with E-state index in [1.54, 1.807) is 6.20 Å². The van der Waals surface area contributed by atoms with Gasteiger partial charge in [-0.05, 0) is 17.7 Å². The molecule has 4 nitrogen and oxygen atoms in total. The second-order valence-corrected chi connectivity index (χ2v) is 7.48. The Morgan fingerprint density at radius 2 is 2.04 bits per heavy atom. The molecule has 2 heterocycles. The zero-order valence-corrected chi connectivity index (χ0v) is 14.7. The van der Waals surface area contributed by atoms with Crippen LogP contribution in [0.4, 0.5) is 0 Å². The predicted molar refractivity (Wildman–Crippen MR) is 98.8 cm³/mol. The van der Waals surface area contributed by atoms with E-state index in [0.29, 0.717) is 18.3 Å². The van der Waals surface area contributed by atoms with Crippen LogP contribution in [0.25, 0.3) is 0 Å². The molecule has 3 rings (SSSR count). The van der Waals surface area contributed by atoms with Crippen LogP contribution in [0.3, 0.4) is 0 Å². The number of nitrogens with one attached hydrogen (secondary N) is 1. The van der Waals surface area contributed by atoms with E-state index in [1.807, 2.05) is 36.0 Å². The number of pyridine rings is 1. The molecular formula is C19H23N3OS. The molecule has 0 aliphatic carbocycles. The molecule has 0 spiro atoms. The van der Waals surface area contributed by atoms with Gasteiger partial charge in [0, 0.05) is 29.8 Å². The number of nitrogens with zero attached hydrogens (tertiary/aromatic N) is 2. The zero-order valence-electron chi connectivity index (χ0n) is 13.9. The van der Waals surface area contributed by atoms with Gasteiger partial charge in [-0.25, -0.2) is 0 Å². The fourth-order valence-electron chi connectivity index (χ4n) is 3.12.